The number of para-hydroxylation sites is 1. The molecule has 3 rings (SSSR count). The lowest BCUT2D eigenvalue weighted by molar-refractivity contribution is 0.102. The largest absolute Gasteiger partial charge is 0.368 e. The summed E-state index contributed by atoms with van der Waals surface area (Å²) < 4.78 is 0. The first-order chi connectivity index (χ1) is 8.25. The highest BCUT2D eigenvalue weighted by atomic mass is 16.1. The van der Waals surface area contributed by atoms with Crippen LogP contribution in [-0.2, 0) is 0 Å². The number of hydrogen-bond donors (Lipinski definition) is 2. The molecule has 2 aromatic rings. The third-order valence-corrected chi connectivity index (χ3v) is 3.51. The van der Waals surface area contributed by atoms with E-state index in [9.17, 15) is 4.79 Å². The molecule has 1 fully saturated rings. The van der Waals surface area contributed by atoms with Gasteiger partial charge >= 0.3 is 0 Å². The fourth-order valence-electron chi connectivity index (χ4n) is 2.37. The average Bonchev–Trinajstić information content (AvgIpc) is 2.61. The maximum Gasteiger partial charge on any atom is 0.164 e. The second kappa shape index (κ2) is 3.91. The normalized spacial score (nSPS) is 15.8. The van der Waals surface area contributed by atoms with Gasteiger partial charge in [0.1, 0.15) is 5.82 Å². The van der Waals surface area contributed by atoms with Gasteiger partial charge in [-0.1, -0.05) is 18.2 Å². The zero-order valence-corrected chi connectivity index (χ0v) is 9.92. The van der Waals surface area contributed by atoms with E-state index in [0.717, 1.165) is 22.3 Å². The molecule has 1 aromatic carbocycles. The third kappa shape index (κ3) is 1.71. The van der Waals surface area contributed by atoms with Crippen LogP contribution in [0.3, 0.4) is 0 Å². The summed E-state index contributed by atoms with van der Waals surface area (Å²) in [7, 11) is 0. The number of carbonyl (C=O) groups is 1. The smallest absolute Gasteiger partial charge is 0.164 e. The number of hydrogen-bond acceptors (Lipinski definition) is 2. The highest BCUT2D eigenvalue weighted by molar-refractivity contribution is 6.11. The number of ketones is 1. The molecule has 88 valence electrons. The summed E-state index contributed by atoms with van der Waals surface area (Å²) in [5.74, 6) is 1.01. The molecule has 1 aliphatic carbocycles. The minimum Gasteiger partial charge on any atom is -0.368 e. The summed E-state index contributed by atoms with van der Waals surface area (Å²) in [6.07, 6.45) is 3.69. The van der Waals surface area contributed by atoms with Gasteiger partial charge in [0.15, 0.2) is 5.78 Å². The minimum atomic E-state index is 0.115. The zero-order valence-electron chi connectivity index (χ0n) is 9.92. The molecule has 0 atom stereocenters. The van der Waals surface area contributed by atoms with Gasteiger partial charge in [-0.25, -0.2) is 0 Å². The van der Waals surface area contributed by atoms with Gasteiger partial charge in [-0.05, 0) is 32.3 Å². The lowest BCUT2D eigenvalue weighted by Crippen LogP contribution is -2.27. The molecular formula is C14H16N2O. The van der Waals surface area contributed by atoms with Gasteiger partial charge < -0.3 is 10.3 Å². The zero-order chi connectivity index (χ0) is 11.8. The molecule has 3 nitrogen and oxygen atoms in total. The Hall–Kier alpha value is -1.77. The van der Waals surface area contributed by atoms with E-state index < -0.39 is 0 Å². The number of Topliss-reactive ketones (excluding diaryl/α,β-unsaturated/α-hetero) is 1. The van der Waals surface area contributed by atoms with E-state index in [-0.39, 0.29) is 5.78 Å². The van der Waals surface area contributed by atoms with Gasteiger partial charge in [0.05, 0.1) is 5.56 Å². The van der Waals surface area contributed by atoms with Crippen LogP contribution in [0.25, 0.3) is 10.9 Å². The van der Waals surface area contributed by atoms with Gasteiger partial charge in [0.25, 0.3) is 0 Å². The van der Waals surface area contributed by atoms with Crippen molar-refractivity contribution in [2.45, 2.75) is 32.2 Å². The molecule has 0 radical (unpaired) electrons. The van der Waals surface area contributed by atoms with E-state index in [1.165, 1.54) is 19.3 Å². The van der Waals surface area contributed by atoms with Crippen molar-refractivity contribution in [1.82, 2.24) is 4.98 Å². The predicted molar refractivity (Wildman–Crippen MR) is 69.6 cm³/mol. The molecule has 17 heavy (non-hydrogen) atoms. The Balaban J connectivity index is 2.08. The van der Waals surface area contributed by atoms with Crippen molar-refractivity contribution in [2.24, 2.45) is 0 Å². The van der Waals surface area contributed by atoms with Gasteiger partial charge in [0, 0.05) is 16.9 Å². The number of aromatic amines is 1. The number of rotatable bonds is 3. The van der Waals surface area contributed by atoms with Crippen molar-refractivity contribution < 1.29 is 4.79 Å². The van der Waals surface area contributed by atoms with Crippen molar-refractivity contribution in [3.63, 3.8) is 0 Å². The molecule has 0 unspecified atom stereocenters. The SMILES string of the molecule is CC(=O)c1c(NC2CCC2)[nH]c2ccccc12. The van der Waals surface area contributed by atoms with E-state index in [1.54, 1.807) is 6.92 Å². The van der Waals surface area contributed by atoms with Crippen LogP contribution in [0, 0.1) is 0 Å². The van der Waals surface area contributed by atoms with Crippen LogP contribution >= 0.6 is 0 Å². The fourth-order valence-corrected chi connectivity index (χ4v) is 2.37. The van der Waals surface area contributed by atoms with Gasteiger partial charge in [-0.2, -0.15) is 0 Å². The summed E-state index contributed by atoms with van der Waals surface area (Å²) in [5.41, 5.74) is 1.83. The third-order valence-electron chi connectivity index (χ3n) is 3.51. The van der Waals surface area contributed by atoms with Crippen LogP contribution in [0.5, 0.6) is 0 Å². The Bertz CT molecular complexity index is 567. The standard InChI is InChI=1S/C14H16N2O/c1-9(17)13-11-7-2-3-8-12(11)16-14(13)15-10-5-4-6-10/h2-3,7-8,10,15-16H,4-6H2,1H3. The van der Waals surface area contributed by atoms with E-state index in [0.29, 0.717) is 6.04 Å². The van der Waals surface area contributed by atoms with Crippen molar-refractivity contribution >= 4 is 22.5 Å². The first-order valence-corrected chi connectivity index (χ1v) is 6.14. The molecule has 0 saturated heterocycles. The van der Waals surface area contributed by atoms with E-state index >= 15 is 0 Å². The molecular weight excluding hydrogens is 212 g/mol. The molecule has 0 bridgehead atoms. The first kappa shape index (κ1) is 10.4. The highest BCUT2D eigenvalue weighted by Gasteiger charge is 2.21. The molecule has 1 heterocycles. The Kier molecular flexibility index (Phi) is 2.39. The Morgan fingerprint density at radius 3 is 2.76 bits per heavy atom. The summed E-state index contributed by atoms with van der Waals surface area (Å²) >= 11 is 0. The van der Waals surface area contributed by atoms with E-state index in [1.807, 2.05) is 24.3 Å². The van der Waals surface area contributed by atoms with Gasteiger partial charge in [-0.15, -0.1) is 0 Å². The number of H-pyrrole nitrogens is 1. The van der Waals surface area contributed by atoms with Crippen molar-refractivity contribution in [3.05, 3.63) is 29.8 Å². The quantitative estimate of drug-likeness (QED) is 0.791. The number of fused-ring (bicyclic) bond motifs is 1. The minimum absolute atomic E-state index is 0.115. The maximum atomic E-state index is 11.8. The average molecular weight is 228 g/mol. The summed E-state index contributed by atoms with van der Waals surface area (Å²) in [6.45, 7) is 1.63. The van der Waals surface area contributed by atoms with Crippen LogP contribution in [0.4, 0.5) is 5.82 Å². The first-order valence-electron chi connectivity index (χ1n) is 6.14. The molecule has 1 aromatic heterocycles. The summed E-state index contributed by atoms with van der Waals surface area (Å²) in [4.78, 5) is 15.1. The van der Waals surface area contributed by atoms with Crippen LogP contribution < -0.4 is 5.32 Å². The number of nitrogens with one attached hydrogen (secondary N) is 2. The topological polar surface area (TPSA) is 44.9 Å². The van der Waals surface area contributed by atoms with Gasteiger partial charge in [-0.3, -0.25) is 4.79 Å². The second-order valence-electron chi connectivity index (χ2n) is 4.75. The van der Waals surface area contributed by atoms with E-state index in [4.69, 9.17) is 0 Å². The fraction of sp³-hybridized carbons (Fsp3) is 0.357. The van der Waals surface area contributed by atoms with Crippen molar-refractivity contribution in [2.75, 3.05) is 5.32 Å². The number of aromatic nitrogens is 1. The molecule has 2 N–H and O–H groups in total. The number of anilines is 1. The Labute approximate surface area is 100 Å². The number of benzene rings is 1. The second-order valence-corrected chi connectivity index (χ2v) is 4.75. The lowest BCUT2D eigenvalue weighted by atomic mass is 9.93. The van der Waals surface area contributed by atoms with Crippen LogP contribution in [0.15, 0.2) is 24.3 Å². The number of carbonyl (C=O) groups excluding carboxylic acids is 1. The monoisotopic (exact) mass is 228 g/mol. The Morgan fingerprint density at radius 1 is 1.35 bits per heavy atom. The molecule has 1 saturated carbocycles. The van der Waals surface area contributed by atoms with Crippen LogP contribution in [0.1, 0.15) is 36.5 Å². The summed E-state index contributed by atoms with van der Waals surface area (Å²) in [6, 6.07) is 8.48. The summed E-state index contributed by atoms with van der Waals surface area (Å²) in [5, 5.41) is 4.46. The lowest BCUT2D eigenvalue weighted by Gasteiger charge is -2.27. The van der Waals surface area contributed by atoms with E-state index in [2.05, 4.69) is 10.3 Å². The predicted octanol–water partition coefficient (Wildman–Crippen LogP) is 3.33. The highest BCUT2D eigenvalue weighted by Crippen LogP contribution is 2.30. The molecule has 1 aliphatic rings. The molecule has 0 aliphatic heterocycles. The molecule has 0 amide bonds. The van der Waals surface area contributed by atoms with Crippen molar-refractivity contribution in [3.8, 4) is 0 Å². The van der Waals surface area contributed by atoms with Crippen LogP contribution in [-0.4, -0.2) is 16.8 Å². The van der Waals surface area contributed by atoms with Crippen LogP contribution in [0.2, 0.25) is 0 Å². The molecule has 0 spiro atoms. The maximum absolute atomic E-state index is 11.8. The Morgan fingerprint density at radius 2 is 2.12 bits per heavy atom. The van der Waals surface area contributed by atoms with Crippen molar-refractivity contribution in [1.29, 1.82) is 0 Å². The molecule has 3 heteroatoms. The van der Waals surface area contributed by atoms with Gasteiger partial charge in [0.2, 0.25) is 0 Å².